The van der Waals surface area contributed by atoms with E-state index in [4.69, 9.17) is 15.8 Å². The van der Waals surface area contributed by atoms with Gasteiger partial charge in [-0.1, -0.05) is 5.16 Å². The van der Waals surface area contributed by atoms with Gasteiger partial charge in [0.15, 0.2) is 10.8 Å². The third-order valence-electron chi connectivity index (χ3n) is 6.53. The van der Waals surface area contributed by atoms with Crippen LogP contribution in [-0.2, 0) is 30.6 Å². The Morgan fingerprint density at radius 2 is 2.17 bits per heavy atom. The standard InChI is InChI=1S/C25H22N8O7S2/c1-25(2,23(38)39)40-30-16(14-11-42-24(27)28-14)19(34)29-17-20(35)33-18(22(36)37)13(10-41-21(17)33)9-32-6-5-31-8-12(7-26)3-4-15(31)32/h3-6,8,11,17,21H,9-10H2,1-2H3,(H4-,27,28,29,34,36,37,38,39)/b30-16-/t17-,21-/m1/s1. The maximum atomic E-state index is 13.2. The molecule has 0 spiro atoms. The van der Waals surface area contributed by atoms with Crippen molar-refractivity contribution in [1.82, 2.24) is 19.8 Å². The zero-order chi connectivity index (χ0) is 30.3. The molecule has 0 saturated carbocycles. The smallest absolute Gasteiger partial charge is 0.350 e. The van der Waals surface area contributed by atoms with E-state index in [0.29, 0.717) is 16.8 Å². The average molecular weight is 611 g/mol. The molecule has 0 unspecified atom stereocenters. The molecule has 3 aromatic rings. The Labute approximate surface area is 245 Å². The molecule has 0 aliphatic carbocycles. The van der Waals surface area contributed by atoms with Crippen molar-refractivity contribution in [3.63, 3.8) is 0 Å². The summed E-state index contributed by atoms with van der Waals surface area (Å²) >= 11 is 2.27. The van der Waals surface area contributed by atoms with Gasteiger partial charge in [0.1, 0.15) is 48.3 Å². The number of nitrogens with one attached hydrogen (secondary N) is 1. The molecule has 1 fully saturated rings. The van der Waals surface area contributed by atoms with Gasteiger partial charge in [-0.15, -0.1) is 23.1 Å². The van der Waals surface area contributed by atoms with Gasteiger partial charge in [0.25, 0.3) is 17.5 Å². The molecule has 0 bridgehead atoms. The van der Waals surface area contributed by atoms with Gasteiger partial charge >= 0.3 is 5.97 Å². The molecule has 0 radical (unpaired) electrons. The second kappa shape index (κ2) is 10.8. The summed E-state index contributed by atoms with van der Waals surface area (Å²) in [6, 6.07) is 4.32. The van der Waals surface area contributed by atoms with Crippen LogP contribution in [0.2, 0.25) is 0 Å². The molecular formula is C25H22N8O7S2. The average Bonchev–Trinajstić information content (AvgIpc) is 3.56. The van der Waals surface area contributed by atoms with E-state index in [-0.39, 0.29) is 28.8 Å². The number of aliphatic carboxylic acids is 2. The van der Waals surface area contributed by atoms with E-state index in [9.17, 15) is 29.4 Å². The van der Waals surface area contributed by atoms with E-state index in [1.54, 1.807) is 39.7 Å². The Balaban J connectivity index is 1.37. The number of fused-ring (bicyclic) bond motifs is 2. The van der Waals surface area contributed by atoms with Crippen LogP contribution in [0.15, 0.2) is 52.5 Å². The molecule has 3 aromatic heterocycles. The number of rotatable bonds is 9. The number of thioether (sulfide) groups is 1. The molecule has 2 atom stereocenters. The number of imidazole rings is 1. The maximum Gasteiger partial charge on any atom is 0.350 e. The lowest BCUT2D eigenvalue weighted by Gasteiger charge is -2.50. The molecule has 216 valence electrons. The number of anilines is 1. The van der Waals surface area contributed by atoms with Gasteiger partial charge in [0, 0.05) is 22.8 Å². The maximum absolute atomic E-state index is 13.2. The molecule has 2 aliphatic heterocycles. The molecule has 17 heteroatoms. The van der Waals surface area contributed by atoms with Crippen LogP contribution in [0.4, 0.5) is 5.13 Å². The van der Waals surface area contributed by atoms with Crippen LogP contribution in [0, 0.1) is 11.3 Å². The number of nitrogen functional groups attached to an aromatic ring is 1. The summed E-state index contributed by atoms with van der Waals surface area (Å²) in [7, 11) is 0. The Hall–Kier alpha value is -4.95. The van der Waals surface area contributed by atoms with Crippen LogP contribution in [0.3, 0.4) is 0 Å². The topological polar surface area (TPSA) is 220 Å². The number of carbonyl (C=O) groups is 4. The molecule has 15 nitrogen and oxygen atoms in total. The summed E-state index contributed by atoms with van der Waals surface area (Å²) in [6.45, 7) is 2.62. The number of β-lactam (4-membered cyclic amide) rings is 1. The van der Waals surface area contributed by atoms with E-state index in [2.05, 4.69) is 21.5 Å². The highest BCUT2D eigenvalue weighted by molar-refractivity contribution is 8.00. The van der Waals surface area contributed by atoms with E-state index < -0.39 is 46.5 Å². The summed E-state index contributed by atoms with van der Waals surface area (Å²) in [6.07, 6.45) is 5.10. The van der Waals surface area contributed by atoms with E-state index in [1.807, 2.05) is 0 Å². The third-order valence-corrected chi connectivity index (χ3v) is 8.55. The van der Waals surface area contributed by atoms with Gasteiger partial charge < -0.3 is 30.9 Å². The summed E-state index contributed by atoms with van der Waals surface area (Å²) < 4.78 is 3.51. The lowest BCUT2D eigenvalue weighted by Crippen LogP contribution is -2.71. The molecule has 0 aromatic carbocycles. The Bertz CT molecular complexity index is 1750. The lowest BCUT2D eigenvalue weighted by molar-refractivity contribution is -0.510. The van der Waals surface area contributed by atoms with E-state index >= 15 is 0 Å². The van der Waals surface area contributed by atoms with Gasteiger partial charge in [0.05, 0.1) is 17.2 Å². The van der Waals surface area contributed by atoms with Crippen molar-refractivity contribution >= 4 is 63.3 Å². The van der Waals surface area contributed by atoms with Crippen molar-refractivity contribution in [3.05, 3.63) is 58.6 Å². The number of thiazole rings is 1. The Kier molecular flexibility index (Phi) is 7.34. The Morgan fingerprint density at radius 3 is 2.81 bits per heavy atom. The summed E-state index contributed by atoms with van der Waals surface area (Å²) in [5, 5.41) is 37.7. The fourth-order valence-electron chi connectivity index (χ4n) is 4.31. The number of carboxylic acid groups (broad SMARTS) is 2. The summed E-state index contributed by atoms with van der Waals surface area (Å²) in [4.78, 5) is 60.3. The zero-order valence-corrected chi connectivity index (χ0v) is 23.6. The highest BCUT2D eigenvalue weighted by Gasteiger charge is 2.53. The first kappa shape index (κ1) is 28.6. The van der Waals surface area contributed by atoms with Crippen LogP contribution in [-0.4, -0.2) is 71.8 Å². The van der Waals surface area contributed by atoms with Gasteiger partial charge in [-0.3, -0.25) is 14.5 Å². The fourth-order valence-corrected chi connectivity index (χ4v) is 6.19. The van der Waals surface area contributed by atoms with Crippen molar-refractivity contribution in [1.29, 1.82) is 5.26 Å². The highest BCUT2D eigenvalue weighted by Crippen LogP contribution is 2.40. The van der Waals surface area contributed by atoms with E-state index in [0.717, 1.165) is 16.2 Å². The second-order valence-electron chi connectivity index (χ2n) is 9.74. The minimum Gasteiger partial charge on any atom is -0.543 e. The predicted octanol–water partition coefficient (Wildman–Crippen LogP) is -1.17. The third kappa shape index (κ3) is 5.12. The van der Waals surface area contributed by atoms with Gasteiger partial charge in [-0.05, 0) is 19.9 Å². The lowest BCUT2D eigenvalue weighted by atomic mass is 10.0. The summed E-state index contributed by atoms with van der Waals surface area (Å²) in [5.41, 5.74) is 4.82. The molecule has 1 saturated heterocycles. The molecule has 2 aliphatic rings. The number of nitrogens with zero attached hydrogens (tertiary/aromatic N) is 6. The van der Waals surface area contributed by atoms with Crippen molar-refractivity contribution in [3.8, 4) is 6.07 Å². The van der Waals surface area contributed by atoms with Gasteiger partial charge in [-0.25, -0.2) is 18.7 Å². The van der Waals surface area contributed by atoms with Crippen LogP contribution in [0.1, 0.15) is 25.1 Å². The number of amides is 2. The number of carbonyl (C=O) groups excluding carboxylic acids is 3. The fraction of sp³-hybridized carbons (Fsp3) is 0.280. The van der Waals surface area contributed by atoms with E-state index in [1.165, 1.54) is 31.0 Å². The number of nitriles is 1. The number of carboxylic acids is 2. The molecule has 4 N–H and O–H groups in total. The second-order valence-corrected chi connectivity index (χ2v) is 11.7. The number of hydrogen-bond donors (Lipinski definition) is 3. The first-order valence-corrected chi connectivity index (χ1v) is 14.1. The van der Waals surface area contributed by atoms with Crippen molar-refractivity contribution in [2.45, 2.75) is 37.4 Å². The quantitative estimate of drug-likeness (QED) is 0.113. The normalized spacial score (nSPS) is 18.7. The van der Waals surface area contributed by atoms with Crippen LogP contribution < -0.4 is 20.6 Å². The first-order valence-electron chi connectivity index (χ1n) is 12.2. The summed E-state index contributed by atoms with van der Waals surface area (Å²) in [5.74, 6) is -4.20. The Morgan fingerprint density at radius 1 is 1.40 bits per heavy atom. The molecule has 5 rings (SSSR count). The van der Waals surface area contributed by atoms with Crippen molar-refractivity contribution in [2.24, 2.45) is 5.16 Å². The minimum atomic E-state index is -1.78. The number of nitrogens with two attached hydrogens (primary N) is 1. The van der Waals surface area contributed by atoms with Crippen LogP contribution >= 0.6 is 23.1 Å². The molecule has 42 heavy (non-hydrogen) atoms. The van der Waals surface area contributed by atoms with Gasteiger partial charge in [0.2, 0.25) is 5.60 Å². The first-order chi connectivity index (χ1) is 19.9. The van der Waals surface area contributed by atoms with Crippen LogP contribution in [0.5, 0.6) is 0 Å². The zero-order valence-electron chi connectivity index (χ0n) is 22.0. The van der Waals surface area contributed by atoms with Gasteiger partial charge in [-0.2, -0.15) is 5.26 Å². The predicted molar refractivity (Wildman–Crippen MR) is 145 cm³/mol. The number of oxime groups is 1. The van der Waals surface area contributed by atoms with Crippen molar-refractivity contribution in [2.75, 3.05) is 11.5 Å². The van der Waals surface area contributed by atoms with Crippen LogP contribution in [0.25, 0.3) is 5.65 Å². The SMILES string of the molecule is CC(C)(O/N=C(\C(=O)N[C@@H]1C(=O)N2C(C(=O)[O-])=C(Cn3cc[n+]4cc(C#N)ccc34)CS[C@H]12)c1csc(N)n1)C(=O)O. The van der Waals surface area contributed by atoms with Crippen molar-refractivity contribution < 1.29 is 38.6 Å². The monoisotopic (exact) mass is 610 g/mol. The largest absolute Gasteiger partial charge is 0.543 e. The minimum absolute atomic E-state index is 0.00688. The molecule has 2 amide bonds. The highest BCUT2D eigenvalue weighted by atomic mass is 32.2. The molecule has 5 heterocycles. The number of pyridine rings is 1. The molecular weight excluding hydrogens is 588 g/mol. The number of hydrogen-bond acceptors (Lipinski definition) is 12. The number of aromatic nitrogens is 3.